The van der Waals surface area contributed by atoms with Crippen molar-refractivity contribution in [2.75, 3.05) is 50.6 Å². The van der Waals surface area contributed by atoms with E-state index in [-0.39, 0.29) is 18.0 Å². The fourth-order valence-corrected chi connectivity index (χ4v) is 8.40. The number of fused-ring (bicyclic) bond motifs is 1. The molecule has 1 amide bonds. The minimum Gasteiger partial charge on any atom is -0.493 e. The Morgan fingerprint density at radius 1 is 0.981 bits per heavy atom. The van der Waals surface area contributed by atoms with E-state index in [0.717, 1.165) is 51.0 Å². The quantitative estimate of drug-likeness (QED) is 0.0829. The number of rotatable bonds is 16. The first kappa shape index (κ1) is 41.4. The van der Waals surface area contributed by atoms with E-state index in [1.54, 1.807) is 13.3 Å². The maximum Gasteiger partial charge on any atom is 0.475 e. The van der Waals surface area contributed by atoms with Crippen molar-refractivity contribution in [2.24, 2.45) is 5.92 Å². The van der Waals surface area contributed by atoms with Gasteiger partial charge in [0.15, 0.2) is 28.3 Å². The zero-order valence-corrected chi connectivity index (χ0v) is 33.5. The lowest BCUT2D eigenvalue weighted by Crippen LogP contribution is -2.36. The summed E-state index contributed by atoms with van der Waals surface area (Å²) in [6, 6.07) is 6.80. The van der Waals surface area contributed by atoms with Crippen molar-refractivity contribution < 1.29 is 41.2 Å². The number of phosphoric ester groups is 1. The van der Waals surface area contributed by atoms with E-state index in [0.29, 0.717) is 51.4 Å². The summed E-state index contributed by atoms with van der Waals surface area (Å²) >= 11 is 1.26. The highest BCUT2D eigenvalue weighted by Crippen LogP contribution is 2.55. The molecular formula is C37H49F2N6O7PS. The van der Waals surface area contributed by atoms with Gasteiger partial charge in [0.1, 0.15) is 12.1 Å². The Morgan fingerprint density at radius 3 is 2.37 bits per heavy atom. The molecule has 17 heteroatoms. The molecule has 2 aromatic carbocycles. The van der Waals surface area contributed by atoms with Crippen molar-refractivity contribution in [1.82, 2.24) is 19.9 Å². The molecule has 0 atom stereocenters. The first-order chi connectivity index (χ1) is 25.5. The van der Waals surface area contributed by atoms with Gasteiger partial charge in [-0.2, -0.15) is 0 Å². The molecule has 0 spiro atoms. The number of methoxy groups -OCH3 is 1. The molecule has 5 rings (SSSR count). The van der Waals surface area contributed by atoms with Crippen LogP contribution in [0.5, 0.6) is 11.5 Å². The predicted octanol–water partition coefficient (Wildman–Crippen LogP) is 8.53. The van der Waals surface area contributed by atoms with E-state index < -0.39 is 36.6 Å². The Labute approximate surface area is 318 Å². The van der Waals surface area contributed by atoms with Crippen LogP contribution in [-0.4, -0.2) is 76.9 Å². The number of carbonyl (C=O) groups is 1. The predicted molar refractivity (Wildman–Crippen MR) is 205 cm³/mol. The molecule has 2 N–H and O–H groups in total. The van der Waals surface area contributed by atoms with Gasteiger partial charge in [0.2, 0.25) is 5.91 Å². The third kappa shape index (κ3) is 12.4. The van der Waals surface area contributed by atoms with Crippen LogP contribution in [0.1, 0.15) is 65.7 Å². The number of phosphoric acid groups is 1. The van der Waals surface area contributed by atoms with Crippen LogP contribution in [0.15, 0.2) is 42.9 Å². The third-order valence-corrected chi connectivity index (χ3v) is 11.0. The number of piperidine rings is 1. The highest BCUT2D eigenvalue weighted by molar-refractivity contribution is 7.48. The van der Waals surface area contributed by atoms with E-state index in [1.807, 2.05) is 53.7 Å². The number of carbonyl (C=O) groups excluding carboxylic acids is 1. The van der Waals surface area contributed by atoms with Crippen molar-refractivity contribution >= 4 is 52.6 Å². The summed E-state index contributed by atoms with van der Waals surface area (Å²) in [4.78, 5) is 28.7. The number of ether oxygens (including phenoxy) is 2. The number of hydrogen-bond donors (Lipinski definition) is 2. The second-order valence-electron chi connectivity index (χ2n) is 15.0. The summed E-state index contributed by atoms with van der Waals surface area (Å²) in [6.45, 7) is 14.4. The first-order valence-electron chi connectivity index (χ1n) is 17.8. The van der Waals surface area contributed by atoms with Crippen LogP contribution in [-0.2, 0) is 29.4 Å². The SMILES string of the molecule is COc1cc2c(Nc3ncc(CC(=O)Nc4ccc(F)c(F)c4)s3)ncnc2cc1OCCCN1CCC(COP(=O)(OC(C)(C)C)OC(C)(C)C)CC1. The van der Waals surface area contributed by atoms with Crippen LogP contribution in [0, 0.1) is 17.6 Å². The minimum absolute atomic E-state index is 0.00384. The topological polar surface area (TPSA) is 146 Å². The molecule has 4 aromatic rings. The van der Waals surface area contributed by atoms with Crippen LogP contribution in [0.25, 0.3) is 10.9 Å². The fraction of sp³-hybridized carbons (Fsp3) is 0.514. The first-order valence-corrected chi connectivity index (χ1v) is 20.1. The maximum atomic E-state index is 13.5. The van der Waals surface area contributed by atoms with E-state index in [4.69, 9.17) is 23.0 Å². The van der Waals surface area contributed by atoms with Crippen LogP contribution < -0.4 is 20.1 Å². The summed E-state index contributed by atoms with van der Waals surface area (Å²) < 4.78 is 69.3. The second kappa shape index (κ2) is 17.8. The van der Waals surface area contributed by atoms with Gasteiger partial charge in [0, 0.05) is 40.8 Å². The molecule has 2 aromatic heterocycles. The van der Waals surface area contributed by atoms with E-state index >= 15 is 0 Å². The van der Waals surface area contributed by atoms with Crippen molar-refractivity contribution in [1.29, 1.82) is 0 Å². The van der Waals surface area contributed by atoms with Crippen molar-refractivity contribution in [3.05, 3.63) is 59.4 Å². The van der Waals surface area contributed by atoms with Crippen molar-refractivity contribution in [2.45, 2.75) is 78.4 Å². The van der Waals surface area contributed by atoms with Crippen molar-refractivity contribution in [3.8, 4) is 11.5 Å². The number of benzene rings is 2. The Kier molecular flexibility index (Phi) is 13.6. The Balaban J connectivity index is 1.09. The van der Waals surface area contributed by atoms with Gasteiger partial charge in [-0.15, -0.1) is 11.3 Å². The van der Waals surface area contributed by atoms with Gasteiger partial charge in [0.25, 0.3) is 0 Å². The van der Waals surface area contributed by atoms with Crippen LogP contribution in [0.2, 0.25) is 0 Å². The number of nitrogens with one attached hydrogen (secondary N) is 2. The third-order valence-electron chi connectivity index (χ3n) is 8.06. The van der Waals surface area contributed by atoms with E-state index in [9.17, 15) is 18.1 Å². The molecule has 1 saturated heterocycles. The maximum absolute atomic E-state index is 13.5. The monoisotopic (exact) mass is 790 g/mol. The second-order valence-corrected chi connectivity index (χ2v) is 17.6. The lowest BCUT2D eigenvalue weighted by Gasteiger charge is -2.34. The molecule has 0 unspecified atom stereocenters. The van der Waals surface area contributed by atoms with Gasteiger partial charge < -0.3 is 25.0 Å². The Hall–Kier alpha value is -3.79. The molecule has 3 heterocycles. The lowest BCUT2D eigenvalue weighted by atomic mass is 9.98. The van der Waals surface area contributed by atoms with Gasteiger partial charge in [-0.3, -0.25) is 18.4 Å². The van der Waals surface area contributed by atoms with Crippen LogP contribution in [0.3, 0.4) is 0 Å². The van der Waals surface area contributed by atoms with Crippen molar-refractivity contribution in [3.63, 3.8) is 0 Å². The molecule has 54 heavy (non-hydrogen) atoms. The zero-order chi connectivity index (χ0) is 39.1. The van der Waals surface area contributed by atoms with Gasteiger partial charge in [-0.25, -0.2) is 28.3 Å². The number of halogens is 2. The average molecular weight is 791 g/mol. The van der Waals surface area contributed by atoms with Gasteiger partial charge >= 0.3 is 7.82 Å². The van der Waals surface area contributed by atoms with Crippen LogP contribution in [0.4, 0.5) is 25.4 Å². The number of nitrogens with zero attached hydrogens (tertiary/aromatic N) is 4. The zero-order valence-electron chi connectivity index (χ0n) is 31.7. The summed E-state index contributed by atoms with van der Waals surface area (Å²) in [5.74, 6) is -0.578. The fourth-order valence-electron chi connectivity index (χ4n) is 5.71. The lowest BCUT2D eigenvalue weighted by molar-refractivity contribution is -0.115. The summed E-state index contributed by atoms with van der Waals surface area (Å²) in [6.07, 6.45) is 5.63. The molecule has 0 bridgehead atoms. The number of hydrogen-bond acceptors (Lipinski definition) is 13. The minimum atomic E-state index is -3.73. The molecule has 1 fully saturated rings. The van der Waals surface area contributed by atoms with Gasteiger partial charge in [-0.05, 0) is 98.0 Å². The molecule has 0 aliphatic carbocycles. The normalized spacial score (nSPS) is 14.7. The van der Waals surface area contributed by atoms with E-state index in [2.05, 4.69) is 30.5 Å². The van der Waals surface area contributed by atoms with E-state index in [1.165, 1.54) is 23.7 Å². The smallest absolute Gasteiger partial charge is 0.475 e. The molecular weight excluding hydrogens is 741 g/mol. The summed E-state index contributed by atoms with van der Waals surface area (Å²) in [5, 5.41) is 6.95. The van der Waals surface area contributed by atoms with Gasteiger partial charge in [-0.1, -0.05) is 0 Å². The molecule has 13 nitrogen and oxygen atoms in total. The highest BCUT2D eigenvalue weighted by atomic mass is 32.1. The van der Waals surface area contributed by atoms with Crippen LogP contribution >= 0.6 is 19.2 Å². The molecule has 1 aliphatic heterocycles. The molecule has 1 aliphatic rings. The standard InChI is InChI=1S/C37H49F2N6O7PS/c1-36(2,3)51-53(47,52-37(4,5)6)50-22-24-11-14-45(15-12-24)13-8-16-49-32-20-30-27(19-31(32)48-7)34(42-23-41-30)44-35-40-21-26(54-35)18-33(46)43-25-9-10-28(38)29(39)17-25/h9-10,17,19-21,23-24H,8,11-16,18,22H2,1-7H3,(H,43,46)(H,40,41,42,44). The Morgan fingerprint density at radius 2 is 1.70 bits per heavy atom. The largest absolute Gasteiger partial charge is 0.493 e. The number of likely N-dealkylation sites (tertiary alicyclic amines) is 1. The molecule has 294 valence electrons. The number of thiazole rings is 1. The molecule has 0 radical (unpaired) electrons. The van der Waals surface area contributed by atoms with Gasteiger partial charge in [0.05, 0.1) is 43.5 Å². The average Bonchev–Trinajstić information content (AvgIpc) is 3.52. The molecule has 0 saturated carbocycles. The summed E-state index contributed by atoms with van der Waals surface area (Å²) in [7, 11) is -2.16. The number of amides is 1. The Bertz CT molecular complexity index is 1930. The number of anilines is 3. The highest BCUT2D eigenvalue weighted by Gasteiger charge is 2.38. The summed E-state index contributed by atoms with van der Waals surface area (Å²) in [5.41, 5.74) is -0.542. The number of aromatic nitrogens is 3.